The van der Waals surface area contributed by atoms with E-state index in [1.54, 1.807) is 18.6 Å². The van der Waals surface area contributed by atoms with Crippen molar-refractivity contribution in [3.8, 4) is 0 Å². The molecule has 1 aromatic rings. The quantitative estimate of drug-likeness (QED) is 0.551. The Balaban J connectivity index is 2.39. The van der Waals surface area contributed by atoms with Crippen LogP contribution in [0.15, 0.2) is 28.9 Å². The van der Waals surface area contributed by atoms with E-state index in [-0.39, 0.29) is 0 Å². The minimum atomic E-state index is -1.08. The fourth-order valence-corrected chi connectivity index (χ4v) is 1.77. The molecule has 0 aliphatic rings. The second kappa shape index (κ2) is 6.56. The third-order valence-electron chi connectivity index (χ3n) is 1.68. The molecule has 1 unspecified atom stereocenters. The topological polar surface area (TPSA) is 48.3 Å². The highest BCUT2D eigenvalue weighted by atomic mass is 32.2. The lowest BCUT2D eigenvalue weighted by atomic mass is 10.3. The predicted molar refractivity (Wildman–Crippen MR) is 59.7 cm³/mol. The molecule has 0 radical (unpaired) electrons. The van der Waals surface area contributed by atoms with Crippen LogP contribution >= 0.6 is 0 Å². The van der Waals surface area contributed by atoms with Crippen LogP contribution in [0.25, 0.3) is 0 Å². The van der Waals surface area contributed by atoms with Gasteiger partial charge in [-0.05, 0) is 12.5 Å². The van der Waals surface area contributed by atoms with E-state index >= 15 is 0 Å². The molecule has 1 heterocycles. The summed E-state index contributed by atoms with van der Waals surface area (Å²) < 4.78 is 15.2. The van der Waals surface area contributed by atoms with Crippen LogP contribution in [0.1, 0.15) is 25.3 Å². The minimum absolute atomic E-state index is 0.646. The van der Waals surface area contributed by atoms with Crippen molar-refractivity contribution in [3.63, 3.8) is 0 Å². The van der Waals surface area contributed by atoms with Crippen LogP contribution < -0.4 is 0 Å². The third kappa shape index (κ3) is 4.39. The summed E-state index contributed by atoms with van der Waals surface area (Å²) in [4.78, 5) is 3.93. The smallest absolute Gasteiger partial charge is 0.133 e. The second-order valence-corrected chi connectivity index (χ2v) is 4.16. The van der Waals surface area contributed by atoms with Crippen LogP contribution in [-0.2, 0) is 11.4 Å². The van der Waals surface area contributed by atoms with Gasteiger partial charge in [-0.3, -0.25) is 4.98 Å². The molecule has 3 nitrogen and oxygen atoms in total. The van der Waals surface area contributed by atoms with E-state index in [4.69, 9.17) is 0 Å². The van der Waals surface area contributed by atoms with Crippen LogP contribution in [0.3, 0.4) is 0 Å². The van der Waals surface area contributed by atoms with Crippen LogP contribution in [0.2, 0.25) is 0 Å². The largest absolute Gasteiger partial charge is 0.591 e. The van der Waals surface area contributed by atoms with Gasteiger partial charge in [0.05, 0.1) is 17.6 Å². The molecule has 0 N–H and O–H groups in total. The fourth-order valence-electron chi connectivity index (χ4n) is 0.892. The number of hydrogen-bond donors (Lipinski definition) is 0. The minimum Gasteiger partial charge on any atom is -0.591 e. The van der Waals surface area contributed by atoms with Crippen molar-refractivity contribution in [3.05, 3.63) is 30.1 Å². The Morgan fingerprint density at radius 2 is 2.50 bits per heavy atom. The van der Waals surface area contributed by atoms with Crippen LogP contribution in [-0.4, -0.2) is 21.5 Å². The molecule has 0 saturated carbocycles. The highest BCUT2D eigenvalue weighted by molar-refractivity contribution is 7.90. The van der Waals surface area contributed by atoms with Gasteiger partial charge in [-0.25, -0.2) is 0 Å². The van der Waals surface area contributed by atoms with Crippen molar-refractivity contribution in [1.82, 2.24) is 4.98 Å². The summed E-state index contributed by atoms with van der Waals surface area (Å²) >= 11 is -1.08. The summed E-state index contributed by atoms with van der Waals surface area (Å²) in [5.41, 5.74) is 0.886. The van der Waals surface area contributed by atoms with Gasteiger partial charge >= 0.3 is 0 Å². The molecule has 4 heteroatoms. The van der Waals surface area contributed by atoms with Gasteiger partial charge in [-0.2, -0.15) is 0 Å². The molecular weight excluding hydrogens is 196 g/mol. The number of pyridine rings is 1. The molecule has 0 aliphatic carbocycles. The van der Waals surface area contributed by atoms with E-state index in [1.165, 1.54) is 0 Å². The molecule has 0 saturated heterocycles. The second-order valence-electron chi connectivity index (χ2n) is 2.90. The molecule has 14 heavy (non-hydrogen) atoms. The summed E-state index contributed by atoms with van der Waals surface area (Å²) in [7, 11) is 0. The van der Waals surface area contributed by atoms with E-state index in [2.05, 4.69) is 16.3 Å². The number of rotatable bonds is 5. The van der Waals surface area contributed by atoms with Gasteiger partial charge in [0.2, 0.25) is 0 Å². The number of hydrogen-bond acceptors (Lipinski definition) is 3. The molecule has 0 bridgehead atoms. The average molecular weight is 210 g/mol. The van der Waals surface area contributed by atoms with Crippen molar-refractivity contribution in [1.29, 1.82) is 0 Å². The van der Waals surface area contributed by atoms with Gasteiger partial charge < -0.3 is 4.55 Å². The zero-order chi connectivity index (χ0) is 10.2. The highest BCUT2D eigenvalue weighted by Crippen LogP contribution is 1.99. The first-order chi connectivity index (χ1) is 6.83. The van der Waals surface area contributed by atoms with Gasteiger partial charge in [0.25, 0.3) is 0 Å². The first-order valence-electron chi connectivity index (χ1n) is 4.65. The van der Waals surface area contributed by atoms with Crippen molar-refractivity contribution < 1.29 is 4.55 Å². The van der Waals surface area contributed by atoms with E-state index < -0.39 is 11.4 Å². The molecule has 0 aliphatic heterocycles. The maximum absolute atomic E-state index is 11.3. The summed E-state index contributed by atoms with van der Waals surface area (Å²) in [5, 5.41) is 0. The lowest BCUT2D eigenvalue weighted by Crippen LogP contribution is -2.02. The van der Waals surface area contributed by atoms with Crippen molar-refractivity contribution in [2.45, 2.75) is 19.8 Å². The lowest BCUT2D eigenvalue weighted by Gasteiger charge is -2.00. The average Bonchev–Trinajstić information content (AvgIpc) is 2.25. The molecule has 1 aromatic heterocycles. The molecule has 1 atom stereocenters. The molecule has 0 spiro atoms. The Hall–Kier alpha value is -0.870. The summed E-state index contributed by atoms with van der Waals surface area (Å²) in [6, 6.07) is 3.71. The zero-order valence-corrected chi connectivity index (χ0v) is 9.04. The lowest BCUT2D eigenvalue weighted by molar-refractivity contribution is 0.594. The number of unbranched alkanes of at least 4 members (excludes halogenated alkanes) is 1. The monoisotopic (exact) mass is 210 g/mol. The van der Waals surface area contributed by atoms with E-state index in [9.17, 15) is 4.55 Å². The predicted octanol–water partition coefficient (Wildman–Crippen LogP) is 1.96. The van der Waals surface area contributed by atoms with Gasteiger partial charge in [0.15, 0.2) is 0 Å². The maximum atomic E-state index is 11.3. The van der Waals surface area contributed by atoms with Gasteiger partial charge in [-0.15, -0.1) is 0 Å². The van der Waals surface area contributed by atoms with Gasteiger partial charge in [0, 0.05) is 18.0 Å². The zero-order valence-electron chi connectivity index (χ0n) is 8.22. The summed E-state index contributed by atoms with van der Waals surface area (Å²) in [6.45, 7) is 2.07. The molecule has 76 valence electrons. The van der Waals surface area contributed by atoms with Crippen LogP contribution in [0.4, 0.5) is 0 Å². The third-order valence-corrected chi connectivity index (χ3v) is 2.65. The van der Waals surface area contributed by atoms with Gasteiger partial charge in [-0.1, -0.05) is 23.8 Å². The Bertz CT molecular complexity index is 277. The standard InChI is InChI=1S/C10H14N2OS/c1-2-3-7-14(13)12-9-10-5-4-6-11-8-10/h4-6,8-9H,2-3,7H2,1H3. The molecule has 1 rings (SSSR count). The highest BCUT2D eigenvalue weighted by Gasteiger charge is 2.00. The van der Waals surface area contributed by atoms with Gasteiger partial charge in [0.1, 0.15) is 5.75 Å². The van der Waals surface area contributed by atoms with Crippen LogP contribution in [0, 0.1) is 0 Å². The maximum Gasteiger partial charge on any atom is 0.133 e. The first-order valence-corrected chi connectivity index (χ1v) is 5.93. The first kappa shape index (κ1) is 11.2. The Kier molecular flexibility index (Phi) is 5.25. The SMILES string of the molecule is CCCC[S+]([O-])N=Cc1cccnc1. The Labute approximate surface area is 87.6 Å². The molecular formula is C10H14N2OS. The van der Waals surface area contributed by atoms with E-state index in [0.29, 0.717) is 5.75 Å². The normalized spacial score (nSPS) is 13.3. The van der Waals surface area contributed by atoms with Crippen molar-refractivity contribution in [2.24, 2.45) is 4.40 Å². The summed E-state index contributed by atoms with van der Waals surface area (Å²) in [6.07, 6.45) is 7.01. The van der Waals surface area contributed by atoms with E-state index in [1.807, 2.05) is 12.1 Å². The Morgan fingerprint density at radius 3 is 3.14 bits per heavy atom. The fraction of sp³-hybridized carbons (Fsp3) is 0.400. The van der Waals surface area contributed by atoms with Crippen molar-refractivity contribution in [2.75, 3.05) is 5.75 Å². The van der Waals surface area contributed by atoms with Crippen molar-refractivity contribution >= 4 is 17.6 Å². The molecule has 0 fully saturated rings. The van der Waals surface area contributed by atoms with E-state index in [0.717, 1.165) is 18.4 Å². The number of nitrogens with zero attached hydrogens (tertiary/aromatic N) is 2. The number of aromatic nitrogens is 1. The summed E-state index contributed by atoms with van der Waals surface area (Å²) in [5.74, 6) is 0.646. The molecule has 0 aromatic carbocycles. The Morgan fingerprint density at radius 1 is 1.64 bits per heavy atom. The molecule has 0 amide bonds. The van der Waals surface area contributed by atoms with Crippen LogP contribution in [0.5, 0.6) is 0 Å².